The number of rotatable bonds is 5. The predicted octanol–water partition coefficient (Wildman–Crippen LogP) is 3.00. The molecule has 0 saturated carbocycles. The van der Waals surface area contributed by atoms with Gasteiger partial charge in [0, 0.05) is 18.3 Å². The first kappa shape index (κ1) is 19.9. The van der Waals surface area contributed by atoms with Gasteiger partial charge in [0.25, 0.3) is 5.91 Å². The lowest BCUT2D eigenvalue weighted by Gasteiger charge is -2.37. The van der Waals surface area contributed by atoms with Gasteiger partial charge in [-0.25, -0.2) is 9.67 Å². The van der Waals surface area contributed by atoms with Crippen LogP contribution in [-0.4, -0.2) is 50.7 Å². The number of aromatic nitrogens is 3. The van der Waals surface area contributed by atoms with E-state index in [0.717, 1.165) is 31.6 Å². The number of hydrogen-bond acceptors (Lipinski definition) is 6. The van der Waals surface area contributed by atoms with Crippen LogP contribution in [0.25, 0.3) is 17.3 Å². The van der Waals surface area contributed by atoms with Crippen LogP contribution in [0.4, 0.5) is 0 Å². The van der Waals surface area contributed by atoms with Crippen LogP contribution < -0.4 is 5.32 Å². The highest BCUT2D eigenvalue weighted by atomic mass is 16.3. The van der Waals surface area contributed by atoms with Gasteiger partial charge in [0.15, 0.2) is 11.4 Å². The van der Waals surface area contributed by atoms with Crippen molar-refractivity contribution in [1.82, 2.24) is 25.0 Å². The van der Waals surface area contributed by atoms with Crippen molar-refractivity contribution in [3.05, 3.63) is 54.0 Å². The number of carbonyl (C=O) groups excluding carboxylic acids is 1. The van der Waals surface area contributed by atoms with Gasteiger partial charge < -0.3 is 14.6 Å². The first-order chi connectivity index (χ1) is 14.6. The fraction of sp³-hybridized carbons (Fsp3) is 0.364. The minimum Gasteiger partial charge on any atom is -0.442 e. The van der Waals surface area contributed by atoms with Crippen molar-refractivity contribution in [3.8, 4) is 23.3 Å². The molecule has 1 aliphatic rings. The molecule has 1 aromatic carbocycles. The van der Waals surface area contributed by atoms with Crippen LogP contribution in [0.3, 0.4) is 0 Å². The molecule has 8 heteroatoms. The van der Waals surface area contributed by atoms with Crippen LogP contribution in [0.5, 0.6) is 0 Å². The maximum absolute atomic E-state index is 13.2. The lowest BCUT2D eigenvalue weighted by molar-refractivity contribution is 0.0559. The molecule has 3 heterocycles. The van der Waals surface area contributed by atoms with Crippen LogP contribution in [0, 0.1) is 11.3 Å². The number of nitrogens with one attached hydrogen (secondary N) is 1. The highest BCUT2D eigenvalue weighted by Gasteiger charge is 2.30. The summed E-state index contributed by atoms with van der Waals surface area (Å²) in [7, 11) is 0. The van der Waals surface area contributed by atoms with Gasteiger partial charge in [-0.3, -0.25) is 4.79 Å². The SMILES string of the molecule is CC(C)N(C(=O)c1coc(-c2nn(-c3ccccc3)cc2C#N)n1)C1CCNCC1. The number of hydrogen-bond donors (Lipinski definition) is 1. The van der Waals surface area contributed by atoms with E-state index in [2.05, 4.69) is 21.5 Å². The zero-order valence-corrected chi connectivity index (χ0v) is 17.1. The molecule has 154 valence electrons. The summed E-state index contributed by atoms with van der Waals surface area (Å²) in [6.07, 6.45) is 4.81. The Bertz CT molecular complexity index is 1060. The van der Waals surface area contributed by atoms with Crippen molar-refractivity contribution in [1.29, 1.82) is 5.26 Å². The minimum absolute atomic E-state index is 0.0488. The highest BCUT2D eigenvalue weighted by Crippen LogP contribution is 2.25. The Balaban J connectivity index is 1.63. The quantitative estimate of drug-likeness (QED) is 0.702. The van der Waals surface area contributed by atoms with Gasteiger partial charge in [-0.1, -0.05) is 18.2 Å². The Morgan fingerprint density at radius 2 is 2.03 bits per heavy atom. The lowest BCUT2D eigenvalue weighted by atomic mass is 10.0. The number of para-hydroxylation sites is 1. The van der Waals surface area contributed by atoms with Gasteiger partial charge in [0.05, 0.1) is 5.69 Å². The van der Waals surface area contributed by atoms with E-state index in [-0.39, 0.29) is 29.6 Å². The van der Waals surface area contributed by atoms with Crippen molar-refractivity contribution >= 4 is 5.91 Å². The summed E-state index contributed by atoms with van der Waals surface area (Å²) < 4.78 is 7.19. The highest BCUT2D eigenvalue weighted by molar-refractivity contribution is 5.93. The summed E-state index contributed by atoms with van der Waals surface area (Å²) in [5.41, 5.74) is 1.70. The van der Waals surface area contributed by atoms with Crippen LogP contribution in [0.1, 0.15) is 42.7 Å². The zero-order valence-electron chi connectivity index (χ0n) is 17.1. The van der Waals surface area contributed by atoms with E-state index in [9.17, 15) is 10.1 Å². The number of piperidine rings is 1. The van der Waals surface area contributed by atoms with Crippen molar-refractivity contribution in [3.63, 3.8) is 0 Å². The number of oxazole rings is 1. The third kappa shape index (κ3) is 3.84. The van der Waals surface area contributed by atoms with E-state index >= 15 is 0 Å². The third-order valence-corrected chi connectivity index (χ3v) is 5.27. The van der Waals surface area contributed by atoms with E-state index in [1.807, 2.05) is 49.1 Å². The average Bonchev–Trinajstić information content (AvgIpc) is 3.42. The van der Waals surface area contributed by atoms with E-state index in [1.165, 1.54) is 6.26 Å². The van der Waals surface area contributed by atoms with Crippen LogP contribution >= 0.6 is 0 Å². The maximum Gasteiger partial charge on any atom is 0.276 e. The molecule has 0 atom stereocenters. The smallest absolute Gasteiger partial charge is 0.276 e. The fourth-order valence-electron chi connectivity index (χ4n) is 3.85. The standard InChI is InChI=1S/C22H24N6O2/c1-15(2)28(18-8-10-24-11-9-18)22(29)19-14-30-21(25-19)20-16(12-23)13-27(26-20)17-6-4-3-5-7-17/h3-7,13-15,18,24H,8-11H2,1-2H3. The van der Waals surface area contributed by atoms with Crippen molar-refractivity contribution in [2.24, 2.45) is 0 Å². The molecular weight excluding hydrogens is 380 g/mol. The summed E-state index contributed by atoms with van der Waals surface area (Å²) in [4.78, 5) is 19.5. The second-order valence-electron chi connectivity index (χ2n) is 7.61. The third-order valence-electron chi connectivity index (χ3n) is 5.27. The van der Waals surface area contributed by atoms with E-state index in [0.29, 0.717) is 11.3 Å². The molecule has 1 N–H and O–H groups in total. The van der Waals surface area contributed by atoms with Gasteiger partial charge in [0.2, 0.25) is 5.89 Å². The molecule has 4 rings (SSSR count). The second-order valence-corrected chi connectivity index (χ2v) is 7.61. The van der Waals surface area contributed by atoms with Crippen molar-refractivity contribution in [2.75, 3.05) is 13.1 Å². The first-order valence-electron chi connectivity index (χ1n) is 10.1. The molecule has 1 saturated heterocycles. The van der Waals surface area contributed by atoms with E-state index in [1.54, 1.807) is 10.9 Å². The number of nitriles is 1. The number of benzene rings is 1. The topological polar surface area (TPSA) is 100.0 Å². The second kappa shape index (κ2) is 8.51. The molecule has 1 aliphatic heterocycles. The zero-order chi connectivity index (χ0) is 21.1. The molecule has 0 unspecified atom stereocenters. The first-order valence-corrected chi connectivity index (χ1v) is 10.1. The average molecular weight is 404 g/mol. The molecule has 0 aliphatic carbocycles. The normalized spacial score (nSPS) is 14.6. The van der Waals surface area contributed by atoms with Crippen molar-refractivity contribution in [2.45, 2.75) is 38.8 Å². The number of nitrogens with zero attached hydrogens (tertiary/aromatic N) is 5. The number of carbonyl (C=O) groups is 1. The Morgan fingerprint density at radius 1 is 1.30 bits per heavy atom. The summed E-state index contributed by atoms with van der Waals surface area (Å²) in [5, 5.41) is 17.3. The summed E-state index contributed by atoms with van der Waals surface area (Å²) >= 11 is 0. The van der Waals surface area contributed by atoms with Crippen molar-refractivity contribution < 1.29 is 9.21 Å². The Labute approximate surface area is 175 Å². The summed E-state index contributed by atoms with van der Waals surface area (Å²) in [5.74, 6) is 0.00602. The van der Waals surface area contributed by atoms with E-state index < -0.39 is 0 Å². The Hall–Kier alpha value is -3.44. The molecular formula is C22H24N6O2. The molecule has 3 aromatic rings. The Kier molecular flexibility index (Phi) is 5.63. The molecule has 2 aromatic heterocycles. The maximum atomic E-state index is 13.2. The van der Waals surface area contributed by atoms with Crippen LogP contribution in [0.15, 0.2) is 47.2 Å². The van der Waals surface area contributed by atoms with Gasteiger partial charge in [-0.2, -0.15) is 10.4 Å². The van der Waals surface area contributed by atoms with Gasteiger partial charge in [-0.05, 0) is 51.9 Å². The molecule has 0 radical (unpaired) electrons. The summed E-state index contributed by atoms with van der Waals surface area (Å²) in [6.45, 7) is 5.81. The fourth-order valence-corrected chi connectivity index (χ4v) is 3.85. The molecule has 1 fully saturated rings. The molecule has 8 nitrogen and oxygen atoms in total. The lowest BCUT2D eigenvalue weighted by Crippen LogP contribution is -2.49. The van der Waals surface area contributed by atoms with E-state index in [4.69, 9.17) is 4.42 Å². The minimum atomic E-state index is -0.159. The largest absolute Gasteiger partial charge is 0.442 e. The van der Waals surface area contributed by atoms with Gasteiger partial charge >= 0.3 is 0 Å². The van der Waals surface area contributed by atoms with Gasteiger partial charge in [-0.15, -0.1) is 0 Å². The Morgan fingerprint density at radius 3 is 2.70 bits per heavy atom. The van der Waals surface area contributed by atoms with Gasteiger partial charge in [0.1, 0.15) is 17.9 Å². The predicted molar refractivity (Wildman–Crippen MR) is 111 cm³/mol. The summed E-state index contributed by atoms with van der Waals surface area (Å²) in [6, 6.07) is 11.8. The number of amides is 1. The van der Waals surface area contributed by atoms with Crippen LogP contribution in [0.2, 0.25) is 0 Å². The monoisotopic (exact) mass is 404 g/mol. The van der Waals surface area contributed by atoms with Crippen LogP contribution in [-0.2, 0) is 0 Å². The molecule has 0 spiro atoms. The molecule has 30 heavy (non-hydrogen) atoms. The molecule has 1 amide bonds. The molecule has 0 bridgehead atoms.